The summed E-state index contributed by atoms with van der Waals surface area (Å²) in [6, 6.07) is 9.10. The summed E-state index contributed by atoms with van der Waals surface area (Å²) in [6.07, 6.45) is 2.43. The molecule has 0 atom stereocenters. The minimum atomic E-state index is 0.365. The molecule has 0 saturated heterocycles. The minimum absolute atomic E-state index is 0.365. The fraction of sp³-hybridized carbons (Fsp3) is 0.538. The van der Waals surface area contributed by atoms with E-state index in [2.05, 4.69) is 67.6 Å². The Bertz CT molecular complexity index is 270. The van der Waals surface area contributed by atoms with Crippen LogP contribution in [-0.2, 0) is 9.84 Å². The van der Waals surface area contributed by atoms with Crippen molar-refractivity contribution < 1.29 is 0 Å². The molecule has 78 valence electrons. The highest BCUT2D eigenvalue weighted by atomic mass is 127. The Balaban J connectivity index is 2.95. The third-order valence-electron chi connectivity index (χ3n) is 3.37. The summed E-state index contributed by atoms with van der Waals surface area (Å²) in [5, 5.41) is 0. The molecule has 1 aromatic carbocycles. The van der Waals surface area contributed by atoms with E-state index in [9.17, 15) is 0 Å². The van der Waals surface area contributed by atoms with E-state index in [0.29, 0.717) is 5.41 Å². The summed E-state index contributed by atoms with van der Waals surface area (Å²) >= 11 is 2.40. The number of hydrogen-bond acceptors (Lipinski definition) is 0. The molecule has 0 N–H and O–H groups in total. The molecule has 0 aromatic heterocycles. The molecule has 1 rings (SSSR count). The van der Waals surface area contributed by atoms with Crippen LogP contribution in [0.1, 0.15) is 44.7 Å². The smallest absolute Gasteiger partial charge is 0.0247 e. The van der Waals surface area contributed by atoms with Gasteiger partial charge in [0.2, 0.25) is 0 Å². The molecule has 0 heterocycles. The highest BCUT2D eigenvalue weighted by Gasteiger charge is 2.21. The van der Waals surface area contributed by atoms with Gasteiger partial charge in [-0.2, -0.15) is 0 Å². The van der Waals surface area contributed by atoms with Gasteiger partial charge in [0.25, 0.3) is 0 Å². The topological polar surface area (TPSA) is 0 Å². The first kappa shape index (κ1) is 12.0. The van der Waals surface area contributed by atoms with E-state index in [1.165, 1.54) is 24.0 Å². The monoisotopic (exact) mass is 302 g/mol. The Kier molecular flexibility index (Phi) is 4.42. The van der Waals surface area contributed by atoms with Crippen LogP contribution in [0.15, 0.2) is 24.3 Å². The van der Waals surface area contributed by atoms with Crippen molar-refractivity contribution in [3.05, 3.63) is 35.4 Å². The second-order valence-electron chi connectivity index (χ2n) is 4.10. The van der Waals surface area contributed by atoms with Gasteiger partial charge in [-0.3, -0.25) is 0 Å². The molecule has 0 aliphatic rings. The van der Waals surface area contributed by atoms with Crippen molar-refractivity contribution in [1.29, 1.82) is 0 Å². The Labute approximate surface area is 101 Å². The fourth-order valence-corrected chi connectivity index (χ4v) is 2.16. The number of hydrogen-bond donors (Lipinski definition) is 0. The van der Waals surface area contributed by atoms with Crippen LogP contribution in [0.25, 0.3) is 0 Å². The summed E-state index contributed by atoms with van der Waals surface area (Å²) in [5.41, 5.74) is 3.27. The van der Waals surface area contributed by atoms with Crippen LogP contribution in [0, 0.1) is 0 Å². The largest absolute Gasteiger partial charge is 0.0812 e. The van der Waals surface area contributed by atoms with E-state index in [-0.39, 0.29) is 0 Å². The SMILES string of the molecule is CCC(C)(CC)c1ccc(CI)cc1. The van der Waals surface area contributed by atoms with Crippen LogP contribution in [0.4, 0.5) is 0 Å². The summed E-state index contributed by atoms with van der Waals surface area (Å²) in [4.78, 5) is 0. The van der Waals surface area contributed by atoms with Crippen molar-refractivity contribution in [3.63, 3.8) is 0 Å². The minimum Gasteiger partial charge on any atom is -0.0812 e. The Morgan fingerprint density at radius 2 is 1.57 bits per heavy atom. The Morgan fingerprint density at radius 1 is 1.07 bits per heavy atom. The average Bonchev–Trinajstić information content (AvgIpc) is 2.28. The highest BCUT2D eigenvalue weighted by Crippen LogP contribution is 2.31. The standard InChI is InChI=1S/C13H19I/c1-4-13(3,5-2)12-8-6-11(10-14)7-9-12/h6-9H,4-5,10H2,1-3H3. The Hall–Kier alpha value is -0.0500. The zero-order valence-electron chi connectivity index (χ0n) is 9.31. The number of rotatable bonds is 4. The number of benzene rings is 1. The number of halogens is 1. The molecule has 0 radical (unpaired) electrons. The first-order valence-corrected chi connectivity index (χ1v) is 6.84. The molecule has 0 unspecified atom stereocenters. The average molecular weight is 302 g/mol. The van der Waals surface area contributed by atoms with Gasteiger partial charge in [-0.25, -0.2) is 0 Å². The summed E-state index contributed by atoms with van der Waals surface area (Å²) in [7, 11) is 0. The van der Waals surface area contributed by atoms with Gasteiger partial charge in [0.05, 0.1) is 0 Å². The predicted octanol–water partition coefficient (Wildman–Crippen LogP) is 4.70. The molecule has 0 spiro atoms. The van der Waals surface area contributed by atoms with Crippen molar-refractivity contribution >= 4 is 22.6 Å². The molecule has 0 aliphatic heterocycles. The van der Waals surface area contributed by atoms with Crippen LogP contribution >= 0.6 is 22.6 Å². The van der Waals surface area contributed by atoms with Crippen molar-refractivity contribution in [2.24, 2.45) is 0 Å². The first-order chi connectivity index (χ1) is 6.66. The molecule has 0 aliphatic carbocycles. The lowest BCUT2D eigenvalue weighted by Gasteiger charge is -2.27. The maximum absolute atomic E-state index is 2.40. The van der Waals surface area contributed by atoms with Crippen molar-refractivity contribution in [1.82, 2.24) is 0 Å². The maximum atomic E-state index is 2.40. The number of alkyl halides is 1. The molecule has 0 fully saturated rings. The van der Waals surface area contributed by atoms with E-state index in [1.807, 2.05) is 0 Å². The van der Waals surface area contributed by atoms with E-state index < -0.39 is 0 Å². The van der Waals surface area contributed by atoms with Gasteiger partial charge in [0, 0.05) is 4.43 Å². The summed E-state index contributed by atoms with van der Waals surface area (Å²) in [6.45, 7) is 6.90. The molecule has 1 aromatic rings. The lowest BCUT2D eigenvalue weighted by atomic mass is 9.78. The van der Waals surface area contributed by atoms with Crippen LogP contribution in [0.5, 0.6) is 0 Å². The second-order valence-corrected chi connectivity index (χ2v) is 4.86. The molecule has 14 heavy (non-hydrogen) atoms. The van der Waals surface area contributed by atoms with E-state index >= 15 is 0 Å². The van der Waals surface area contributed by atoms with E-state index in [4.69, 9.17) is 0 Å². The normalized spacial score (nSPS) is 11.7. The first-order valence-electron chi connectivity index (χ1n) is 5.31. The summed E-state index contributed by atoms with van der Waals surface area (Å²) in [5.74, 6) is 0. The molecular formula is C13H19I. The van der Waals surface area contributed by atoms with Crippen LogP contribution < -0.4 is 0 Å². The van der Waals surface area contributed by atoms with E-state index in [1.54, 1.807) is 0 Å². The summed E-state index contributed by atoms with van der Waals surface area (Å²) < 4.78 is 1.10. The van der Waals surface area contributed by atoms with Crippen LogP contribution in [0.2, 0.25) is 0 Å². The lowest BCUT2D eigenvalue weighted by Crippen LogP contribution is -2.19. The maximum Gasteiger partial charge on any atom is 0.0247 e. The van der Waals surface area contributed by atoms with Gasteiger partial charge >= 0.3 is 0 Å². The molecule has 0 nitrogen and oxygen atoms in total. The molecule has 0 bridgehead atoms. The van der Waals surface area contributed by atoms with Gasteiger partial charge < -0.3 is 0 Å². The molecular weight excluding hydrogens is 283 g/mol. The predicted molar refractivity (Wildman–Crippen MR) is 72.1 cm³/mol. The molecule has 0 amide bonds. The van der Waals surface area contributed by atoms with Crippen molar-refractivity contribution in [2.75, 3.05) is 0 Å². The van der Waals surface area contributed by atoms with Crippen molar-refractivity contribution in [2.45, 2.75) is 43.5 Å². The zero-order valence-corrected chi connectivity index (χ0v) is 11.5. The van der Waals surface area contributed by atoms with E-state index in [0.717, 1.165) is 4.43 Å². The van der Waals surface area contributed by atoms with Gasteiger partial charge in [0.15, 0.2) is 0 Å². The lowest BCUT2D eigenvalue weighted by molar-refractivity contribution is 0.439. The second kappa shape index (κ2) is 5.15. The van der Waals surface area contributed by atoms with Crippen LogP contribution in [0.3, 0.4) is 0 Å². The fourth-order valence-electron chi connectivity index (χ4n) is 1.65. The highest BCUT2D eigenvalue weighted by molar-refractivity contribution is 14.1. The molecule has 1 heteroatoms. The van der Waals surface area contributed by atoms with Gasteiger partial charge in [-0.15, -0.1) is 0 Å². The third-order valence-corrected chi connectivity index (χ3v) is 4.25. The van der Waals surface area contributed by atoms with Crippen LogP contribution in [-0.4, -0.2) is 0 Å². The molecule has 0 saturated carbocycles. The quantitative estimate of drug-likeness (QED) is 0.558. The Morgan fingerprint density at radius 3 is 1.93 bits per heavy atom. The van der Waals surface area contributed by atoms with Gasteiger partial charge in [0.1, 0.15) is 0 Å². The van der Waals surface area contributed by atoms with Gasteiger partial charge in [-0.1, -0.05) is 67.6 Å². The third kappa shape index (κ3) is 2.50. The van der Waals surface area contributed by atoms with Gasteiger partial charge in [-0.05, 0) is 29.4 Å². The van der Waals surface area contributed by atoms with Crippen molar-refractivity contribution in [3.8, 4) is 0 Å². The zero-order chi connectivity index (χ0) is 10.6.